The van der Waals surface area contributed by atoms with Crippen LogP contribution >= 0.6 is 12.4 Å². The van der Waals surface area contributed by atoms with Crippen LogP contribution in [-0.2, 0) is 15.5 Å². The second-order valence-corrected chi connectivity index (χ2v) is 5.89. The highest BCUT2D eigenvalue weighted by atomic mass is 35.5. The largest absolute Gasteiger partial charge is 0.379 e. The van der Waals surface area contributed by atoms with Gasteiger partial charge in [0, 0.05) is 30.3 Å². The molecule has 1 fully saturated rings. The fraction of sp³-hybridized carbons (Fsp3) is 0.538. The van der Waals surface area contributed by atoms with Crippen molar-refractivity contribution in [3.8, 4) is 0 Å². The van der Waals surface area contributed by atoms with Gasteiger partial charge in [-0.15, -0.1) is 12.4 Å². The number of aryl methyl sites for hydroxylation is 1. The highest BCUT2D eigenvalue weighted by Crippen LogP contribution is 2.09. The summed E-state index contributed by atoms with van der Waals surface area (Å²) < 4.78 is 17.3. The van der Waals surface area contributed by atoms with Gasteiger partial charge in [-0.25, -0.2) is 0 Å². The monoisotopic (exact) mass is 289 g/mol. The van der Waals surface area contributed by atoms with E-state index >= 15 is 0 Å². The molecule has 0 aliphatic carbocycles. The van der Waals surface area contributed by atoms with Crippen molar-refractivity contribution in [1.82, 2.24) is 4.90 Å². The zero-order valence-corrected chi connectivity index (χ0v) is 12.3. The number of rotatable bonds is 4. The third-order valence-electron chi connectivity index (χ3n) is 2.98. The smallest absolute Gasteiger partial charge is 0.0594 e. The third kappa shape index (κ3) is 4.69. The van der Waals surface area contributed by atoms with E-state index in [1.165, 1.54) is 5.56 Å². The normalized spacial score (nSPS) is 18.1. The lowest BCUT2D eigenvalue weighted by atomic mass is 10.2. The molecule has 5 heteroatoms. The summed E-state index contributed by atoms with van der Waals surface area (Å²) in [6.45, 7) is 6.47. The van der Waals surface area contributed by atoms with Gasteiger partial charge in [-0.05, 0) is 19.1 Å². The van der Waals surface area contributed by atoms with Gasteiger partial charge in [0.2, 0.25) is 0 Å². The van der Waals surface area contributed by atoms with Crippen molar-refractivity contribution in [2.24, 2.45) is 0 Å². The minimum atomic E-state index is -0.876. The van der Waals surface area contributed by atoms with Crippen LogP contribution in [-0.4, -0.2) is 47.7 Å². The maximum atomic E-state index is 12.1. The van der Waals surface area contributed by atoms with Crippen LogP contribution in [0.15, 0.2) is 29.2 Å². The molecule has 0 N–H and O–H groups in total. The van der Waals surface area contributed by atoms with Gasteiger partial charge < -0.3 is 4.74 Å². The summed E-state index contributed by atoms with van der Waals surface area (Å²) in [6, 6.07) is 7.96. The van der Waals surface area contributed by atoms with E-state index < -0.39 is 10.8 Å². The van der Waals surface area contributed by atoms with Crippen molar-refractivity contribution < 1.29 is 8.95 Å². The Morgan fingerprint density at radius 1 is 1.22 bits per heavy atom. The van der Waals surface area contributed by atoms with Gasteiger partial charge in [-0.3, -0.25) is 9.11 Å². The van der Waals surface area contributed by atoms with E-state index in [-0.39, 0.29) is 12.4 Å². The standard InChI is InChI=1S/C13H19NO2S.ClH/c1-12-2-4-13(5-3-12)17(15)11-8-14-6-9-16-10-7-14;/h2-5H,6-11H2,1H3;1H. The second kappa shape index (κ2) is 7.89. The summed E-state index contributed by atoms with van der Waals surface area (Å²) in [7, 11) is -0.876. The number of benzene rings is 1. The summed E-state index contributed by atoms with van der Waals surface area (Å²) in [5.74, 6) is 0.711. The maximum absolute atomic E-state index is 12.1. The molecule has 1 saturated heterocycles. The van der Waals surface area contributed by atoms with Crippen LogP contribution in [0.5, 0.6) is 0 Å². The van der Waals surface area contributed by atoms with Crippen LogP contribution < -0.4 is 0 Å². The quantitative estimate of drug-likeness (QED) is 0.847. The molecule has 0 bridgehead atoms. The Hall–Kier alpha value is -0.420. The lowest BCUT2D eigenvalue weighted by molar-refractivity contribution is 0.0409. The van der Waals surface area contributed by atoms with Gasteiger partial charge in [-0.1, -0.05) is 17.7 Å². The van der Waals surface area contributed by atoms with Gasteiger partial charge in [0.15, 0.2) is 0 Å². The van der Waals surface area contributed by atoms with E-state index in [2.05, 4.69) is 4.90 Å². The van der Waals surface area contributed by atoms with Crippen molar-refractivity contribution in [2.45, 2.75) is 11.8 Å². The van der Waals surface area contributed by atoms with Gasteiger partial charge in [0.25, 0.3) is 0 Å². The van der Waals surface area contributed by atoms with E-state index in [9.17, 15) is 4.21 Å². The Balaban J connectivity index is 0.00000162. The SMILES string of the molecule is Cc1ccc(S(=O)CCN2CCOCC2)cc1.Cl. The number of morpholine rings is 1. The first-order valence-electron chi connectivity index (χ1n) is 6.01. The average Bonchev–Trinajstić information content (AvgIpc) is 2.38. The van der Waals surface area contributed by atoms with Gasteiger partial charge in [0.1, 0.15) is 0 Å². The number of nitrogens with zero attached hydrogens (tertiary/aromatic N) is 1. The summed E-state index contributed by atoms with van der Waals surface area (Å²) in [4.78, 5) is 3.25. The first kappa shape index (κ1) is 15.6. The number of ether oxygens (including phenoxy) is 1. The van der Waals surface area contributed by atoms with Crippen molar-refractivity contribution in [2.75, 3.05) is 38.6 Å². The molecule has 3 nitrogen and oxygen atoms in total. The van der Waals surface area contributed by atoms with Gasteiger partial charge in [0.05, 0.1) is 24.0 Å². The second-order valence-electron chi connectivity index (χ2n) is 4.32. The minimum absolute atomic E-state index is 0. The zero-order valence-electron chi connectivity index (χ0n) is 10.6. The first-order valence-corrected chi connectivity index (χ1v) is 7.33. The van der Waals surface area contributed by atoms with Crippen LogP contribution in [0.1, 0.15) is 5.56 Å². The lowest BCUT2D eigenvalue weighted by Gasteiger charge is -2.26. The Labute approximate surface area is 117 Å². The molecule has 1 aromatic carbocycles. The Morgan fingerprint density at radius 3 is 2.44 bits per heavy atom. The Kier molecular flexibility index (Phi) is 6.86. The van der Waals surface area contributed by atoms with Crippen LogP contribution in [0.3, 0.4) is 0 Å². The van der Waals surface area contributed by atoms with Crippen molar-refractivity contribution in [3.63, 3.8) is 0 Å². The fourth-order valence-electron chi connectivity index (χ4n) is 1.84. The molecule has 0 spiro atoms. The fourth-order valence-corrected chi connectivity index (χ4v) is 2.94. The molecule has 1 atom stereocenters. The van der Waals surface area contributed by atoms with Crippen molar-refractivity contribution in [3.05, 3.63) is 29.8 Å². The number of hydrogen-bond acceptors (Lipinski definition) is 3. The topological polar surface area (TPSA) is 29.5 Å². The predicted octanol–water partition coefficient (Wildman–Crippen LogP) is 1.86. The molecule has 102 valence electrons. The summed E-state index contributed by atoms with van der Waals surface area (Å²) in [5, 5.41) is 0. The summed E-state index contributed by atoms with van der Waals surface area (Å²) in [6.07, 6.45) is 0. The zero-order chi connectivity index (χ0) is 12.1. The predicted molar refractivity (Wildman–Crippen MR) is 77.0 cm³/mol. The van der Waals surface area contributed by atoms with Gasteiger partial charge in [-0.2, -0.15) is 0 Å². The molecule has 1 heterocycles. The summed E-state index contributed by atoms with van der Waals surface area (Å²) in [5.41, 5.74) is 1.21. The Bertz CT molecular complexity index is 377. The molecule has 0 amide bonds. The molecular weight excluding hydrogens is 270 g/mol. The highest BCUT2D eigenvalue weighted by molar-refractivity contribution is 7.85. The van der Waals surface area contributed by atoms with Gasteiger partial charge >= 0.3 is 0 Å². The average molecular weight is 290 g/mol. The molecule has 0 aromatic heterocycles. The molecule has 1 unspecified atom stereocenters. The number of halogens is 1. The first-order chi connectivity index (χ1) is 8.25. The maximum Gasteiger partial charge on any atom is 0.0594 e. The summed E-state index contributed by atoms with van der Waals surface area (Å²) >= 11 is 0. The Morgan fingerprint density at radius 2 is 1.83 bits per heavy atom. The molecule has 2 rings (SSSR count). The van der Waals surface area contributed by atoms with E-state index in [1.54, 1.807) is 0 Å². The minimum Gasteiger partial charge on any atom is -0.379 e. The van der Waals surface area contributed by atoms with E-state index in [0.29, 0.717) is 5.75 Å². The van der Waals surface area contributed by atoms with Crippen molar-refractivity contribution in [1.29, 1.82) is 0 Å². The molecule has 1 aliphatic rings. The molecule has 18 heavy (non-hydrogen) atoms. The highest BCUT2D eigenvalue weighted by Gasteiger charge is 2.11. The number of hydrogen-bond donors (Lipinski definition) is 0. The molecule has 1 aliphatic heterocycles. The van der Waals surface area contributed by atoms with Crippen LogP contribution in [0, 0.1) is 6.92 Å². The molecule has 1 aromatic rings. The molecule has 0 saturated carbocycles. The van der Waals surface area contributed by atoms with Crippen molar-refractivity contribution >= 4 is 23.2 Å². The lowest BCUT2D eigenvalue weighted by Crippen LogP contribution is -2.38. The van der Waals surface area contributed by atoms with E-state index in [0.717, 1.165) is 37.7 Å². The van der Waals surface area contributed by atoms with Crippen LogP contribution in [0.4, 0.5) is 0 Å². The molecular formula is C13H20ClNO2S. The van der Waals surface area contributed by atoms with E-state index in [4.69, 9.17) is 4.74 Å². The van der Waals surface area contributed by atoms with Crippen LogP contribution in [0.25, 0.3) is 0 Å². The molecule has 0 radical (unpaired) electrons. The third-order valence-corrected chi connectivity index (χ3v) is 4.33. The van der Waals surface area contributed by atoms with E-state index in [1.807, 2.05) is 31.2 Å². The van der Waals surface area contributed by atoms with Crippen LogP contribution in [0.2, 0.25) is 0 Å².